The van der Waals surface area contributed by atoms with Crippen molar-refractivity contribution in [2.75, 3.05) is 11.5 Å². The summed E-state index contributed by atoms with van der Waals surface area (Å²) in [6.07, 6.45) is 8.28. The average Bonchev–Trinajstić information content (AvgIpc) is 2.94. The Kier molecular flexibility index (Phi) is 3.55. The first-order valence-corrected chi connectivity index (χ1v) is 7.41. The Morgan fingerprint density at radius 3 is 3.06 bits per heavy atom. The van der Waals surface area contributed by atoms with Gasteiger partial charge in [-0.05, 0) is 30.7 Å². The van der Waals surface area contributed by atoms with E-state index in [1.807, 2.05) is 40.7 Å². The first-order valence-electron chi connectivity index (χ1n) is 6.25. The summed E-state index contributed by atoms with van der Waals surface area (Å²) < 4.78 is 8.13. The summed E-state index contributed by atoms with van der Waals surface area (Å²) in [6.45, 7) is 0. The zero-order chi connectivity index (χ0) is 12.2. The molecule has 1 aliphatic heterocycles. The summed E-state index contributed by atoms with van der Waals surface area (Å²) >= 11 is 1.98. The number of ether oxygens (including phenoxy) is 1. The van der Waals surface area contributed by atoms with E-state index in [0.29, 0.717) is 6.10 Å². The average molecular weight is 260 g/mol. The van der Waals surface area contributed by atoms with Crippen LogP contribution in [0.5, 0.6) is 5.75 Å². The highest BCUT2D eigenvalue weighted by atomic mass is 32.2. The van der Waals surface area contributed by atoms with Crippen molar-refractivity contribution in [3.8, 4) is 11.4 Å². The van der Waals surface area contributed by atoms with Gasteiger partial charge in [-0.1, -0.05) is 12.1 Å². The molecule has 1 unspecified atom stereocenters. The fourth-order valence-electron chi connectivity index (χ4n) is 2.16. The molecule has 1 atom stereocenters. The third kappa shape index (κ3) is 2.53. The number of hydrogen-bond acceptors (Lipinski definition) is 3. The van der Waals surface area contributed by atoms with Gasteiger partial charge in [-0.25, -0.2) is 4.98 Å². The van der Waals surface area contributed by atoms with Crippen molar-refractivity contribution in [3.63, 3.8) is 0 Å². The number of benzene rings is 1. The maximum absolute atomic E-state index is 6.14. The van der Waals surface area contributed by atoms with Crippen LogP contribution in [0.3, 0.4) is 0 Å². The van der Waals surface area contributed by atoms with Gasteiger partial charge in [-0.2, -0.15) is 11.8 Å². The Bertz CT molecular complexity index is 492. The van der Waals surface area contributed by atoms with Crippen LogP contribution in [0.1, 0.15) is 12.8 Å². The molecule has 1 aromatic heterocycles. The lowest BCUT2D eigenvalue weighted by atomic mass is 10.2. The lowest BCUT2D eigenvalue weighted by Crippen LogP contribution is -2.23. The number of para-hydroxylation sites is 2. The highest BCUT2D eigenvalue weighted by molar-refractivity contribution is 7.99. The Morgan fingerprint density at radius 2 is 2.28 bits per heavy atom. The predicted molar refractivity (Wildman–Crippen MR) is 74.5 cm³/mol. The number of thioether (sulfide) groups is 1. The Balaban J connectivity index is 1.83. The number of aromatic nitrogens is 2. The van der Waals surface area contributed by atoms with Gasteiger partial charge in [-0.3, -0.25) is 0 Å². The molecule has 0 bridgehead atoms. The van der Waals surface area contributed by atoms with E-state index < -0.39 is 0 Å². The molecule has 1 saturated heterocycles. The summed E-state index contributed by atoms with van der Waals surface area (Å²) in [5, 5.41) is 0. The van der Waals surface area contributed by atoms with Gasteiger partial charge in [0, 0.05) is 18.1 Å². The van der Waals surface area contributed by atoms with E-state index in [1.165, 1.54) is 12.2 Å². The minimum Gasteiger partial charge on any atom is -0.487 e. The van der Waals surface area contributed by atoms with Gasteiger partial charge in [0.25, 0.3) is 0 Å². The number of hydrogen-bond donors (Lipinski definition) is 0. The van der Waals surface area contributed by atoms with E-state index >= 15 is 0 Å². The fourth-order valence-corrected chi connectivity index (χ4v) is 3.19. The van der Waals surface area contributed by atoms with Crippen LogP contribution in [0.2, 0.25) is 0 Å². The number of imidazole rings is 1. The van der Waals surface area contributed by atoms with Crippen molar-refractivity contribution in [2.45, 2.75) is 18.9 Å². The van der Waals surface area contributed by atoms with Crippen molar-refractivity contribution in [1.82, 2.24) is 9.55 Å². The molecule has 3 nitrogen and oxygen atoms in total. The Labute approximate surface area is 111 Å². The van der Waals surface area contributed by atoms with Gasteiger partial charge in [0.1, 0.15) is 11.9 Å². The molecule has 3 rings (SSSR count). The summed E-state index contributed by atoms with van der Waals surface area (Å²) in [4.78, 5) is 4.09. The molecule has 0 saturated carbocycles. The van der Waals surface area contributed by atoms with Crippen LogP contribution >= 0.6 is 11.8 Å². The standard InChI is InChI=1S/C14H16N2OS/c1-2-6-14(17-12-4-3-9-18-10-12)13(5-1)16-8-7-15-11-16/h1-2,5-8,11-12H,3-4,9-10H2. The van der Waals surface area contributed by atoms with Crippen LogP contribution in [0.4, 0.5) is 0 Å². The highest BCUT2D eigenvalue weighted by Crippen LogP contribution is 2.27. The zero-order valence-corrected chi connectivity index (χ0v) is 11.0. The molecular weight excluding hydrogens is 244 g/mol. The Hall–Kier alpha value is -1.42. The molecule has 1 fully saturated rings. The topological polar surface area (TPSA) is 27.1 Å². The quantitative estimate of drug-likeness (QED) is 0.848. The molecule has 0 aliphatic carbocycles. The van der Waals surface area contributed by atoms with E-state index in [9.17, 15) is 0 Å². The zero-order valence-electron chi connectivity index (χ0n) is 10.2. The maximum atomic E-state index is 6.14. The van der Waals surface area contributed by atoms with E-state index in [1.54, 1.807) is 12.5 Å². The second-order valence-electron chi connectivity index (χ2n) is 4.39. The van der Waals surface area contributed by atoms with Crippen molar-refractivity contribution in [3.05, 3.63) is 43.0 Å². The number of rotatable bonds is 3. The van der Waals surface area contributed by atoms with Crippen LogP contribution in [0, 0.1) is 0 Å². The predicted octanol–water partition coefficient (Wildman–Crippen LogP) is 3.15. The fraction of sp³-hybridized carbons (Fsp3) is 0.357. The molecule has 4 heteroatoms. The molecule has 1 aromatic carbocycles. The minimum atomic E-state index is 0.341. The molecular formula is C14H16N2OS. The van der Waals surface area contributed by atoms with Crippen molar-refractivity contribution in [1.29, 1.82) is 0 Å². The molecule has 18 heavy (non-hydrogen) atoms. The first kappa shape index (κ1) is 11.7. The Morgan fingerprint density at radius 1 is 1.33 bits per heavy atom. The summed E-state index contributed by atoms with van der Waals surface area (Å²) in [7, 11) is 0. The van der Waals surface area contributed by atoms with Crippen LogP contribution in [0.15, 0.2) is 43.0 Å². The molecule has 0 spiro atoms. The van der Waals surface area contributed by atoms with Gasteiger partial charge in [-0.15, -0.1) is 0 Å². The molecule has 0 N–H and O–H groups in total. The normalized spacial score (nSPS) is 19.7. The molecule has 0 amide bonds. The van der Waals surface area contributed by atoms with Crippen LogP contribution in [-0.2, 0) is 0 Å². The first-order chi connectivity index (χ1) is 8.93. The van der Waals surface area contributed by atoms with E-state index in [4.69, 9.17) is 4.74 Å². The van der Waals surface area contributed by atoms with Crippen molar-refractivity contribution >= 4 is 11.8 Å². The van der Waals surface area contributed by atoms with Gasteiger partial charge in [0.2, 0.25) is 0 Å². The third-order valence-corrected chi connectivity index (χ3v) is 4.24. The lowest BCUT2D eigenvalue weighted by Gasteiger charge is -2.24. The van der Waals surface area contributed by atoms with Gasteiger partial charge in [0.05, 0.1) is 12.0 Å². The van der Waals surface area contributed by atoms with E-state index in [0.717, 1.165) is 23.6 Å². The van der Waals surface area contributed by atoms with Crippen LogP contribution in [-0.4, -0.2) is 27.2 Å². The molecule has 94 valence electrons. The monoisotopic (exact) mass is 260 g/mol. The smallest absolute Gasteiger partial charge is 0.143 e. The summed E-state index contributed by atoms with van der Waals surface area (Å²) in [5.74, 6) is 3.31. The van der Waals surface area contributed by atoms with Crippen LogP contribution in [0.25, 0.3) is 5.69 Å². The maximum Gasteiger partial charge on any atom is 0.143 e. The van der Waals surface area contributed by atoms with Gasteiger partial charge in [0.15, 0.2) is 0 Å². The number of nitrogens with zero attached hydrogens (tertiary/aromatic N) is 2. The molecule has 0 radical (unpaired) electrons. The second kappa shape index (κ2) is 5.48. The third-order valence-electron chi connectivity index (χ3n) is 3.06. The lowest BCUT2D eigenvalue weighted by molar-refractivity contribution is 0.211. The minimum absolute atomic E-state index is 0.341. The van der Waals surface area contributed by atoms with Crippen molar-refractivity contribution in [2.24, 2.45) is 0 Å². The molecule has 2 aromatic rings. The van der Waals surface area contributed by atoms with Crippen molar-refractivity contribution < 1.29 is 4.74 Å². The second-order valence-corrected chi connectivity index (χ2v) is 5.54. The van der Waals surface area contributed by atoms with E-state index in [-0.39, 0.29) is 0 Å². The highest BCUT2D eigenvalue weighted by Gasteiger charge is 2.16. The summed E-state index contributed by atoms with van der Waals surface area (Å²) in [6, 6.07) is 8.14. The SMILES string of the molecule is c1ccc(-n2ccnc2)c(OC2CCCSC2)c1. The molecule has 2 heterocycles. The van der Waals surface area contributed by atoms with Gasteiger partial charge >= 0.3 is 0 Å². The summed E-state index contributed by atoms with van der Waals surface area (Å²) in [5.41, 5.74) is 1.06. The van der Waals surface area contributed by atoms with Crippen LogP contribution < -0.4 is 4.74 Å². The van der Waals surface area contributed by atoms with E-state index in [2.05, 4.69) is 11.1 Å². The molecule has 1 aliphatic rings. The largest absolute Gasteiger partial charge is 0.487 e. The van der Waals surface area contributed by atoms with Gasteiger partial charge < -0.3 is 9.30 Å².